The van der Waals surface area contributed by atoms with Crippen LogP contribution in [0.15, 0.2) is 22.7 Å². The number of rotatable bonds is 3. The van der Waals surface area contributed by atoms with Crippen molar-refractivity contribution in [3.8, 4) is 0 Å². The summed E-state index contributed by atoms with van der Waals surface area (Å²) in [6, 6.07) is 5.50. The molecule has 1 aromatic rings. The van der Waals surface area contributed by atoms with Gasteiger partial charge in [0.05, 0.1) is 17.7 Å². The molecule has 0 fully saturated rings. The van der Waals surface area contributed by atoms with Gasteiger partial charge in [-0.25, -0.2) is 0 Å². The SMILES string of the molecule is CC(C)(CO)NC(=O)c1ccc(I)cc1Br. The van der Waals surface area contributed by atoms with E-state index in [0.29, 0.717) is 5.56 Å². The van der Waals surface area contributed by atoms with Gasteiger partial charge in [-0.3, -0.25) is 4.79 Å². The minimum absolute atomic E-state index is 0.0965. The van der Waals surface area contributed by atoms with Crippen LogP contribution < -0.4 is 5.32 Å². The van der Waals surface area contributed by atoms with Crippen LogP contribution in [0, 0.1) is 3.57 Å². The summed E-state index contributed by atoms with van der Waals surface area (Å²) in [7, 11) is 0. The highest BCUT2D eigenvalue weighted by atomic mass is 127. The third kappa shape index (κ3) is 3.71. The normalized spacial score (nSPS) is 11.3. The quantitative estimate of drug-likeness (QED) is 0.770. The van der Waals surface area contributed by atoms with E-state index in [0.717, 1.165) is 8.04 Å². The highest BCUT2D eigenvalue weighted by Gasteiger charge is 2.21. The largest absolute Gasteiger partial charge is 0.394 e. The van der Waals surface area contributed by atoms with Crippen LogP contribution in [-0.2, 0) is 0 Å². The number of carbonyl (C=O) groups is 1. The highest BCUT2D eigenvalue weighted by molar-refractivity contribution is 14.1. The number of benzene rings is 1. The summed E-state index contributed by atoms with van der Waals surface area (Å²) < 4.78 is 1.81. The molecule has 0 saturated carbocycles. The second-order valence-corrected chi connectivity index (χ2v) is 6.22. The summed E-state index contributed by atoms with van der Waals surface area (Å²) in [4.78, 5) is 11.9. The van der Waals surface area contributed by atoms with Crippen molar-refractivity contribution in [1.29, 1.82) is 0 Å². The summed E-state index contributed by atoms with van der Waals surface area (Å²) in [6.45, 7) is 3.44. The van der Waals surface area contributed by atoms with E-state index in [-0.39, 0.29) is 12.5 Å². The number of amides is 1. The van der Waals surface area contributed by atoms with E-state index in [2.05, 4.69) is 43.8 Å². The fourth-order valence-corrected chi connectivity index (χ4v) is 2.57. The molecule has 1 aromatic carbocycles. The third-order valence-electron chi connectivity index (χ3n) is 2.02. The number of aliphatic hydroxyl groups excluding tert-OH is 1. The predicted octanol–water partition coefficient (Wildman–Crippen LogP) is 2.55. The van der Waals surface area contributed by atoms with Crippen LogP contribution in [0.2, 0.25) is 0 Å². The van der Waals surface area contributed by atoms with E-state index in [1.54, 1.807) is 19.9 Å². The third-order valence-corrected chi connectivity index (χ3v) is 3.35. The predicted molar refractivity (Wildman–Crippen MR) is 75.5 cm³/mol. The van der Waals surface area contributed by atoms with E-state index in [9.17, 15) is 4.79 Å². The van der Waals surface area contributed by atoms with Gasteiger partial charge < -0.3 is 10.4 Å². The van der Waals surface area contributed by atoms with Gasteiger partial charge in [0.2, 0.25) is 0 Å². The number of nitrogens with one attached hydrogen (secondary N) is 1. The molecular formula is C11H13BrINO2. The molecule has 3 nitrogen and oxygen atoms in total. The molecule has 0 aliphatic rings. The van der Waals surface area contributed by atoms with Gasteiger partial charge in [0.15, 0.2) is 0 Å². The average Bonchev–Trinajstić information content (AvgIpc) is 2.16. The number of hydrogen-bond donors (Lipinski definition) is 2. The maximum absolute atomic E-state index is 11.9. The number of carbonyl (C=O) groups excluding carboxylic acids is 1. The first-order chi connectivity index (χ1) is 7.35. The van der Waals surface area contributed by atoms with Crippen molar-refractivity contribution in [2.24, 2.45) is 0 Å². The Balaban J connectivity index is 2.89. The minimum atomic E-state index is -0.612. The van der Waals surface area contributed by atoms with Crippen LogP contribution in [0.5, 0.6) is 0 Å². The van der Waals surface area contributed by atoms with Gasteiger partial charge in [0, 0.05) is 8.04 Å². The van der Waals surface area contributed by atoms with Crippen LogP contribution in [-0.4, -0.2) is 23.2 Å². The molecule has 1 amide bonds. The molecule has 2 N–H and O–H groups in total. The zero-order valence-corrected chi connectivity index (χ0v) is 12.8. The van der Waals surface area contributed by atoms with Crippen molar-refractivity contribution in [2.75, 3.05) is 6.61 Å². The Morgan fingerprint density at radius 1 is 1.56 bits per heavy atom. The standard InChI is InChI=1S/C11H13BrINO2/c1-11(2,6-15)14-10(16)8-4-3-7(13)5-9(8)12/h3-5,15H,6H2,1-2H3,(H,14,16). The molecule has 0 atom stereocenters. The molecule has 0 saturated heterocycles. The molecule has 0 heterocycles. The number of halogens is 2. The lowest BCUT2D eigenvalue weighted by Gasteiger charge is -2.23. The molecule has 16 heavy (non-hydrogen) atoms. The first kappa shape index (κ1) is 13.9. The second kappa shape index (κ2) is 5.46. The summed E-state index contributed by atoms with van der Waals surface area (Å²) in [5.41, 5.74) is -0.0403. The Morgan fingerprint density at radius 3 is 2.69 bits per heavy atom. The molecule has 0 aliphatic heterocycles. The molecule has 0 bridgehead atoms. The van der Waals surface area contributed by atoms with E-state index in [4.69, 9.17) is 5.11 Å². The van der Waals surface area contributed by atoms with Crippen molar-refractivity contribution in [3.05, 3.63) is 31.8 Å². The molecule has 0 radical (unpaired) electrons. The Bertz CT molecular complexity index is 407. The Hall–Kier alpha value is -0.140. The lowest BCUT2D eigenvalue weighted by atomic mass is 10.1. The van der Waals surface area contributed by atoms with Crippen molar-refractivity contribution in [1.82, 2.24) is 5.32 Å². The number of aliphatic hydroxyl groups is 1. The van der Waals surface area contributed by atoms with Crippen LogP contribution >= 0.6 is 38.5 Å². The van der Waals surface area contributed by atoms with Crippen molar-refractivity contribution in [3.63, 3.8) is 0 Å². The molecule has 1 rings (SSSR count). The van der Waals surface area contributed by atoms with Crippen molar-refractivity contribution >= 4 is 44.4 Å². The molecule has 88 valence electrons. The van der Waals surface area contributed by atoms with Gasteiger partial charge in [0.1, 0.15) is 0 Å². The van der Waals surface area contributed by atoms with Gasteiger partial charge >= 0.3 is 0 Å². The summed E-state index contributed by atoms with van der Waals surface area (Å²) >= 11 is 5.53. The molecule has 5 heteroatoms. The zero-order chi connectivity index (χ0) is 12.3. The fourth-order valence-electron chi connectivity index (χ4n) is 1.09. The molecule has 0 unspecified atom stereocenters. The maximum Gasteiger partial charge on any atom is 0.252 e. The van der Waals surface area contributed by atoms with Gasteiger partial charge in [-0.15, -0.1) is 0 Å². The van der Waals surface area contributed by atoms with E-state index < -0.39 is 5.54 Å². The average molecular weight is 398 g/mol. The van der Waals surface area contributed by atoms with E-state index >= 15 is 0 Å². The lowest BCUT2D eigenvalue weighted by Crippen LogP contribution is -2.46. The maximum atomic E-state index is 11.9. The second-order valence-electron chi connectivity index (χ2n) is 4.12. The van der Waals surface area contributed by atoms with Crippen LogP contribution in [0.25, 0.3) is 0 Å². The van der Waals surface area contributed by atoms with E-state index in [1.165, 1.54) is 0 Å². The van der Waals surface area contributed by atoms with Crippen molar-refractivity contribution in [2.45, 2.75) is 19.4 Å². The summed E-state index contributed by atoms with van der Waals surface area (Å²) in [6.07, 6.45) is 0. The molecule has 0 aliphatic carbocycles. The lowest BCUT2D eigenvalue weighted by molar-refractivity contribution is 0.0868. The first-order valence-corrected chi connectivity index (χ1v) is 6.61. The zero-order valence-electron chi connectivity index (χ0n) is 9.05. The smallest absolute Gasteiger partial charge is 0.252 e. The van der Waals surface area contributed by atoms with Gasteiger partial charge in [-0.05, 0) is 70.6 Å². The van der Waals surface area contributed by atoms with Crippen molar-refractivity contribution < 1.29 is 9.90 Å². The van der Waals surface area contributed by atoms with Gasteiger partial charge in [-0.2, -0.15) is 0 Å². The van der Waals surface area contributed by atoms with Crippen LogP contribution in [0.4, 0.5) is 0 Å². The highest BCUT2D eigenvalue weighted by Crippen LogP contribution is 2.20. The number of hydrogen-bond acceptors (Lipinski definition) is 2. The minimum Gasteiger partial charge on any atom is -0.394 e. The molecule has 0 aromatic heterocycles. The topological polar surface area (TPSA) is 49.3 Å². The van der Waals surface area contributed by atoms with Crippen LogP contribution in [0.1, 0.15) is 24.2 Å². The Morgan fingerprint density at radius 2 is 2.19 bits per heavy atom. The summed E-state index contributed by atoms with van der Waals surface area (Å²) in [5.74, 6) is -0.192. The van der Waals surface area contributed by atoms with Gasteiger partial charge in [-0.1, -0.05) is 0 Å². The monoisotopic (exact) mass is 397 g/mol. The molecule has 0 spiro atoms. The van der Waals surface area contributed by atoms with E-state index in [1.807, 2.05) is 12.1 Å². The first-order valence-electron chi connectivity index (χ1n) is 4.74. The summed E-state index contributed by atoms with van der Waals surface area (Å²) in [5, 5.41) is 11.8. The van der Waals surface area contributed by atoms with Crippen LogP contribution in [0.3, 0.4) is 0 Å². The fraction of sp³-hybridized carbons (Fsp3) is 0.364. The molecular weight excluding hydrogens is 385 g/mol. The Kier molecular flexibility index (Phi) is 4.75. The Labute approximate surface area is 117 Å². The van der Waals surface area contributed by atoms with Gasteiger partial charge in [0.25, 0.3) is 5.91 Å².